The average Bonchev–Trinajstić information content (AvgIpc) is 2.10. The minimum Gasteiger partial charge on any atom is -0.407 e. The van der Waals surface area contributed by atoms with Crippen LogP contribution in [0.1, 0.15) is 31.9 Å². The molecule has 0 aromatic heterocycles. The molecule has 17 heavy (non-hydrogen) atoms. The molecule has 0 fully saturated rings. The molecule has 1 aromatic carbocycles. The van der Waals surface area contributed by atoms with Crippen molar-refractivity contribution in [2.75, 3.05) is 0 Å². The zero-order valence-corrected chi connectivity index (χ0v) is 12.9. The Morgan fingerprint density at radius 3 is 2.18 bits per heavy atom. The van der Waals surface area contributed by atoms with Gasteiger partial charge in [-0.3, -0.25) is 0 Å². The van der Waals surface area contributed by atoms with Crippen LogP contribution in [0.25, 0.3) is 0 Å². The SMILES string of the molecule is CC(C)(C)C1(O[Si](C)(C)C)Cc2ccccc21. The van der Waals surface area contributed by atoms with Crippen LogP contribution in [0.15, 0.2) is 24.3 Å². The van der Waals surface area contributed by atoms with E-state index in [1.807, 2.05) is 0 Å². The van der Waals surface area contributed by atoms with Crippen LogP contribution < -0.4 is 0 Å². The van der Waals surface area contributed by atoms with Crippen molar-refractivity contribution in [2.45, 2.75) is 52.4 Å². The lowest BCUT2D eigenvalue weighted by molar-refractivity contribution is -0.0668. The van der Waals surface area contributed by atoms with E-state index in [2.05, 4.69) is 64.7 Å². The quantitative estimate of drug-likeness (QED) is 0.708. The smallest absolute Gasteiger partial charge is 0.185 e. The lowest BCUT2D eigenvalue weighted by atomic mass is 9.61. The molecule has 1 aliphatic carbocycles. The van der Waals surface area contributed by atoms with Crippen LogP contribution in [0.4, 0.5) is 0 Å². The van der Waals surface area contributed by atoms with Gasteiger partial charge in [0.1, 0.15) is 0 Å². The summed E-state index contributed by atoms with van der Waals surface area (Å²) in [6.07, 6.45) is 1.07. The van der Waals surface area contributed by atoms with Gasteiger partial charge in [-0.05, 0) is 36.2 Å². The highest BCUT2D eigenvalue weighted by atomic mass is 28.4. The standard InChI is InChI=1S/C15H24OSi/c1-14(2,3)15(16-17(4,5)6)11-12-9-7-8-10-13(12)15/h7-10H,11H2,1-6H3. The summed E-state index contributed by atoms with van der Waals surface area (Å²) >= 11 is 0. The lowest BCUT2D eigenvalue weighted by Gasteiger charge is -2.55. The number of fused-ring (bicyclic) bond motifs is 1. The molecule has 0 saturated carbocycles. The molecule has 0 heterocycles. The van der Waals surface area contributed by atoms with Crippen LogP contribution >= 0.6 is 0 Å². The van der Waals surface area contributed by atoms with Gasteiger partial charge in [0.25, 0.3) is 0 Å². The van der Waals surface area contributed by atoms with Gasteiger partial charge in [0, 0.05) is 6.42 Å². The Hall–Kier alpha value is -0.603. The normalized spacial score (nSPS) is 24.1. The van der Waals surface area contributed by atoms with Crippen LogP contribution in [0, 0.1) is 5.41 Å². The van der Waals surface area contributed by atoms with Crippen LogP contribution in [0.3, 0.4) is 0 Å². The Bertz CT molecular complexity index is 425. The highest BCUT2D eigenvalue weighted by Crippen LogP contribution is 2.54. The second-order valence-corrected chi connectivity index (χ2v) is 11.6. The van der Waals surface area contributed by atoms with Gasteiger partial charge in [0.05, 0.1) is 5.60 Å². The molecule has 1 aliphatic rings. The molecule has 2 heteroatoms. The maximum absolute atomic E-state index is 6.59. The first-order valence-corrected chi connectivity index (χ1v) is 9.85. The van der Waals surface area contributed by atoms with Crippen molar-refractivity contribution < 1.29 is 4.43 Å². The van der Waals surface area contributed by atoms with Crippen molar-refractivity contribution in [1.82, 2.24) is 0 Å². The lowest BCUT2D eigenvalue weighted by Crippen LogP contribution is -2.55. The molecule has 0 aliphatic heterocycles. The highest BCUT2D eigenvalue weighted by Gasteiger charge is 2.53. The molecule has 1 unspecified atom stereocenters. The Kier molecular flexibility index (Phi) is 2.79. The molecule has 0 saturated heterocycles. The van der Waals surface area contributed by atoms with Crippen LogP contribution in [0.5, 0.6) is 0 Å². The number of rotatable bonds is 2. The van der Waals surface area contributed by atoms with Gasteiger partial charge in [-0.15, -0.1) is 0 Å². The van der Waals surface area contributed by atoms with Crippen molar-refractivity contribution in [3.63, 3.8) is 0 Å². The third-order valence-electron chi connectivity index (χ3n) is 3.58. The van der Waals surface area contributed by atoms with E-state index >= 15 is 0 Å². The van der Waals surface area contributed by atoms with Crippen molar-refractivity contribution in [1.29, 1.82) is 0 Å². The van der Waals surface area contributed by atoms with Crippen LogP contribution in [-0.4, -0.2) is 8.32 Å². The number of hydrogen-bond acceptors (Lipinski definition) is 1. The van der Waals surface area contributed by atoms with E-state index in [-0.39, 0.29) is 11.0 Å². The van der Waals surface area contributed by atoms with Gasteiger partial charge in [0.2, 0.25) is 0 Å². The summed E-state index contributed by atoms with van der Waals surface area (Å²) in [5, 5.41) is 0. The van der Waals surface area contributed by atoms with Crippen molar-refractivity contribution >= 4 is 8.32 Å². The third kappa shape index (κ3) is 2.09. The Morgan fingerprint density at radius 2 is 1.71 bits per heavy atom. The van der Waals surface area contributed by atoms with E-state index < -0.39 is 8.32 Å². The highest BCUT2D eigenvalue weighted by molar-refractivity contribution is 6.69. The molecular weight excluding hydrogens is 224 g/mol. The zero-order valence-electron chi connectivity index (χ0n) is 11.9. The van der Waals surface area contributed by atoms with E-state index in [1.165, 1.54) is 11.1 Å². The minimum absolute atomic E-state index is 0.0614. The maximum atomic E-state index is 6.59. The van der Waals surface area contributed by atoms with E-state index in [0.717, 1.165) is 6.42 Å². The van der Waals surface area contributed by atoms with E-state index in [0.29, 0.717) is 0 Å². The first-order valence-electron chi connectivity index (χ1n) is 6.44. The third-order valence-corrected chi connectivity index (χ3v) is 4.54. The first kappa shape index (κ1) is 12.8. The molecule has 0 amide bonds. The largest absolute Gasteiger partial charge is 0.407 e. The van der Waals surface area contributed by atoms with Crippen molar-refractivity contribution in [2.24, 2.45) is 5.41 Å². The fourth-order valence-electron chi connectivity index (χ4n) is 2.76. The molecule has 0 N–H and O–H groups in total. The summed E-state index contributed by atoms with van der Waals surface area (Å²) < 4.78 is 6.59. The molecule has 0 spiro atoms. The molecule has 2 rings (SSSR count). The van der Waals surface area contributed by atoms with E-state index in [4.69, 9.17) is 4.43 Å². The zero-order chi connectivity index (χ0) is 12.9. The molecule has 1 atom stereocenters. The molecule has 0 radical (unpaired) electrons. The predicted molar refractivity (Wildman–Crippen MR) is 75.7 cm³/mol. The molecular formula is C15H24OSi. The monoisotopic (exact) mass is 248 g/mol. The van der Waals surface area contributed by atoms with Gasteiger partial charge in [-0.25, -0.2) is 0 Å². The maximum Gasteiger partial charge on any atom is 0.185 e. The Morgan fingerprint density at radius 1 is 1.12 bits per heavy atom. The molecule has 1 aromatic rings. The van der Waals surface area contributed by atoms with Gasteiger partial charge in [-0.1, -0.05) is 45.0 Å². The van der Waals surface area contributed by atoms with Crippen molar-refractivity contribution in [3.8, 4) is 0 Å². The summed E-state index contributed by atoms with van der Waals surface area (Å²) in [4.78, 5) is 0. The molecule has 94 valence electrons. The minimum atomic E-state index is -1.54. The van der Waals surface area contributed by atoms with E-state index in [9.17, 15) is 0 Å². The average molecular weight is 248 g/mol. The van der Waals surface area contributed by atoms with Gasteiger partial charge in [-0.2, -0.15) is 0 Å². The predicted octanol–water partition coefficient (Wildman–Crippen LogP) is 4.34. The summed E-state index contributed by atoms with van der Waals surface area (Å²) in [5.74, 6) is 0. The summed E-state index contributed by atoms with van der Waals surface area (Å²) in [6.45, 7) is 13.7. The van der Waals surface area contributed by atoms with Gasteiger partial charge < -0.3 is 4.43 Å². The second-order valence-electron chi connectivity index (χ2n) is 7.13. The second kappa shape index (κ2) is 3.69. The summed E-state index contributed by atoms with van der Waals surface area (Å²) in [5.41, 5.74) is 2.96. The Labute approximate surface area is 106 Å². The summed E-state index contributed by atoms with van der Waals surface area (Å²) in [7, 11) is -1.54. The molecule has 0 bridgehead atoms. The van der Waals surface area contributed by atoms with E-state index in [1.54, 1.807) is 0 Å². The number of benzene rings is 1. The van der Waals surface area contributed by atoms with Crippen LogP contribution in [0.2, 0.25) is 19.6 Å². The molecule has 1 nitrogen and oxygen atoms in total. The number of hydrogen-bond donors (Lipinski definition) is 0. The fourth-order valence-corrected chi connectivity index (χ4v) is 4.29. The fraction of sp³-hybridized carbons (Fsp3) is 0.600. The van der Waals surface area contributed by atoms with Crippen molar-refractivity contribution in [3.05, 3.63) is 35.4 Å². The van der Waals surface area contributed by atoms with Gasteiger partial charge in [0.15, 0.2) is 8.32 Å². The first-order chi connectivity index (χ1) is 7.66. The van der Waals surface area contributed by atoms with Crippen LogP contribution in [-0.2, 0) is 16.4 Å². The summed E-state index contributed by atoms with van der Waals surface area (Å²) in [6, 6.07) is 8.73. The topological polar surface area (TPSA) is 9.23 Å². The van der Waals surface area contributed by atoms with Gasteiger partial charge >= 0.3 is 0 Å². The Balaban J connectivity index is 2.44.